The first-order valence-electron chi connectivity index (χ1n) is 12.0. The molecule has 2 N–H and O–H groups in total. The molecular formula is C29H33N3O2. The molecule has 0 spiro atoms. The zero-order valence-electron chi connectivity index (χ0n) is 20.0. The van der Waals surface area contributed by atoms with Crippen LogP contribution >= 0.6 is 0 Å². The standard InChI is InChI=1S/C29H33N3O2/c1-21-12-14-23(15-13-21)20-32-18-16-25(17-19-32)28(33)31-27-11-7-6-10-26(27)29(34)30-22(2)24-8-4-3-5-9-24/h3-15,22,25H,16-20H2,1-2H3,(H,30,34)(H,31,33)/t22-/m0/s1. The van der Waals surface area contributed by atoms with Crippen molar-refractivity contribution in [1.82, 2.24) is 10.2 Å². The van der Waals surface area contributed by atoms with E-state index in [-0.39, 0.29) is 23.8 Å². The van der Waals surface area contributed by atoms with Crippen LogP contribution in [0.2, 0.25) is 0 Å². The zero-order chi connectivity index (χ0) is 23.9. The number of piperidine rings is 1. The molecule has 2 amide bonds. The van der Waals surface area contributed by atoms with Crippen LogP contribution in [-0.4, -0.2) is 29.8 Å². The second-order valence-corrected chi connectivity index (χ2v) is 9.18. The summed E-state index contributed by atoms with van der Waals surface area (Å²) in [7, 11) is 0. The van der Waals surface area contributed by atoms with Crippen LogP contribution in [0.1, 0.15) is 52.9 Å². The predicted octanol–water partition coefficient (Wildman–Crippen LogP) is 5.34. The Bertz CT molecular complexity index is 1100. The van der Waals surface area contributed by atoms with Gasteiger partial charge in [-0.1, -0.05) is 72.3 Å². The number of para-hydroxylation sites is 1. The average molecular weight is 456 g/mol. The van der Waals surface area contributed by atoms with Crippen LogP contribution in [0.25, 0.3) is 0 Å². The molecule has 0 saturated carbocycles. The predicted molar refractivity (Wildman–Crippen MR) is 137 cm³/mol. The number of hydrogen-bond acceptors (Lipinski definition) is 3. The average Bonchev–Trinajstić information content (AvgIpc) is 2.86. The number of nitrogens with one attached hydrogen (secondary N) is 2. The molecule has 4 rings (SSSR count). The van der Waals surface area contributed by atoms with Gasteiger partial charge in [-0.25, -0.2) is 0 Å². The Kier molecular flexibility index (Phi) is 7.76. The Morgan fingerprint density at radius 2 is 1.56 bits per heavy atom. The first-order valence-corrected chi connectivity index (χ1v) is 12.0. The van der Waals surface area contributed by atoms with E-state index >= 15 is 0 Å². The van der Waals surface area contributed by atoms with Crippen molar-refractivity contribution in [3.8, 4) is 0 Å². The number of rotatable bonds is 7. The topological polar surface area (TPSA) is 61.4 Å². The van der Waals surface area contributed by atoms with Crippen molar-refractivity contribution in [3.05, 3.63) is 101 Å². The Labute approximate surface area is 202 Å². The Hall–Kier alpha value is -3.44. The number of carbonyl (C=O) groups excluding carboxylic acids is 2. The minimum atomic E-state index is -0.194. The van der Waals surface area contributed by atoms with Gasteiger partial charge in [0.15, 0.2) is 0 Å². The van der Waals surface area contributed by atoms with Crippen LogP contribution in [0.4, 0.5) is 5.69 Å². The highest BCUT2D eigenvalue weighted by atomic mass is 16.2. The van der Waals surface area contributed by atoms with Gasteiger partial charge in [0.05, 0.1) is 17.3 Å². The molecule has 3 aromatic carbocycles. The molecule has 1 atom stereocenters. The number of aryl methyl sites for hydroxylation is 1. The van der Waals surface area contributed by atoms with E-state index in [4.69, 9.17) is 0 Å². The molecule has 0 radical (unpaired) electrons. The molecule has 1 saturated heterocycles. The fourth-order valence-electron chi connectivity index (χ4n) is 4.43. The van der Waals surface area contributed by atoms with E-state index in [0.29, 0.717) is 11.3 Å². The molecule has 0 aromatic heterocycles. The molecule has 1 aliphatic heterocycles. The normalized spacial score (nSPS) is 15.5. The fraction of sp³-hybridized carbons (Fsp3) is 0.310. The van der Waals surface area contributed by atoms with Gasteiger partial charge in [0.25, 0.3) is 5.91 Å². The molecule has 1 heterocycles. The van der Waals surface area contributed by atoms with Gasteiger partial charge in [0.2, 0.25) is 5.91 Å². The van der Waals surface area contributed by atoms with E-state index in [1.807, 2.05) is 49.4 Å². The van der Waals surface area contributed by atoms with Gasteiger partial charge in [0.1, 0.15) is 0 Å². The minimum absolute atomic E-state index is 0.00802. The third kappa shape index (κ3) is 6.12. The van der Waals surface area contributed by atoms with E-state index in [1.54, 1.807) is 12.1 Å². The van der Waals surface area contributed by atoms with Gasteiger partial charge in [0, 0.05) is 12.5 Å². The summed E-state index contributed by atoms with van der Waals surface area (Å²) in [5.41, 5.74) is 4.65. The van der Waals surface area contributed by atoms with Crippen molar-refractivity contribution in [2.45, 2.75) is 39.3 Å². The second kappa shape index (κ2) is 11.1. The summed E-state index contributed by atoms with van der Waals surface area (Å²) in [5.74, 6) is -0.250. The van der Waals surface area contributed by atoms with Crippen LogP contribution in [0, 0.1) is 12.8 Å². The molecule has 5 nitrogen and oxygen atoms in total. The zero-order valence-corrected chi connectivity index (χ0v) is 20.0. The second-order valence-electron chi connectivity index (χ2n) is 9.18. The number of carbonyl (C=O) groups is 2. The van der Waals surface area contributed by atoms with Crippen LogP contribution in [0.3, 0.4) is 0 Å². The van der Waals surface area contributed by atoms with Crippen molar-refractivity contribution in [1.29, 1.82) is 0 Å². The maximum absolute atomic E-state index is 13.0. The summed E-state index contributed by atoms with van der Waals surface area (Å²) in [4.78, 5) is 28.4. The molecule has 34 heavy (non-hydrogen) atoms. The number of anilines is 1. The smallest absolute Gasteiger partial charge is 0.253 e. The number of likely N-dealkylation sites (tertiary alicyclic amines) is 1. The van der Waals surface area contributed by atoms with Crippen LogP contribution in [0.15, 0.2) is 78.9 Å². The molecule has 0 unspecified atom stereocenters. The van der Waals surface area contributed by atoms with Gasteiger partial charge < -0.3 is 10.6 Å². The van der Waals surface area contributed by atoms with Crippen LogP contribution < -0.4 is 10.6 Å². The molecule has 1 fully saturated rings. The monoisotopic (exact) mass is 455 g/mol. The Balaban J connectivity index is 1.33. The maximum atomic E-state index is 13.0. The molecule has 3 aromatic rings. The summed E-state index contributed by atoms with van der Waals surface area (Å²) in [6, 6.07) is 25.6. The number of nitrogens with zero attached hydrogens (tertiary/aromatic N) is 1. The van der Waals surface area contributed by atoms with Gasteiger partial charge in [-0.2, -0.15) is 0 Å². The summed E-state index contributed by atoms with van der Waals surface area (Å²) < 4.78 is 0. The largest absolute Gasteiger partial charge is 0.345 e. The van der Waals surface area contributed by atoms with E-state index < -0.39 is 0 Å². The van der Waals surface area contributed by atoms with E-state index in [0.717, 1.165) is 38.0 Å². The van der Waals surface area contributed by atoms with Gasteiger partial charge in [-0.3, -0.25) is 14.5 Å². The van der Waals surface area contributed by atoms with E-state index in [1.165, 1.54) is 11.1 Å². The van der Waals surface area contributed by atoms with Crippen LogP contribution in [-0.2, 0) is 11.3 Å². The van der Waals surface area contributed by atoms with Crippen LogP contribution in [0.5, 0.6) is 0 Å². The van der Waals surface area contributed by atoms with Crippen molar-refractivity contribution in [3.63, 3.8) is 0 Å². The lowest BCUT2D eigenvalue weighted by atomic mass is 9.95. The first-order chi connectivity index (χ1) is 16.5. The summed E-state index contributed by atoms with van der Waals surface area (Å²) >= 11 is 0. The third-order valence-corrected chi connectivity index (χ3v) is 6.56. The first kappa shape index (κ1) is 23.7. The lowest BCUT2D eigenvalue weighted by Crippen LogP contribution is -2.38. The number of hydrogen-bond donors (Lipinski definition) is 2. The fourth-order valence-corrected chi connectivity index (χ4v) is 4.43. The maximum Gasteiger partial charge on any atom is 0.253 e. The van der Waals surface area contributed by atoms with Gasteiger partial charge >= 0.3 is 0 Å². The summed E-state index contributed by atoms with van der Waals surface area (Å²) in [5, 5.41) is 6.07. The Morgan fingerprint density at radius 3 is 2.26 bits per heavy atom. The molecule has 5 heteroatoms. The van der Waals surface area contributed by atoms with E-state index in [9.17, 15) is 9.59 Å². The minimum Gasteiger partial charge on any atom is -0.345 e. The molecule has 0 bridgehead atoms. The van der Waals surface area contributed by atoms with Gasteiger partial charge in [-0.15, -0.1) is 0 Å². The molecule has 1 aliphatic rings. The van der Waals surface area contributed by atoms with E-state index in [2.05, 4.69) is 46.7 Å². The quantitative estimate of drug-likeness (QED) is 0.506. The van der Waals surface area contributed by atoms with Crippen molar-refractivity contribution < 1.29 is 9.59 Å². The SMILES string of the molecule is Cc1ccc(CN2CCC(C(=O)Nc3ccccc3C(=O)N[C@@H](C)c3ccccc3)CC2)cc1. The number of benzene rings is 3. The Morgan fingerprint density at radius 1 is 0.912 bits per heavy atom. The van der Waals surface area contributed by atoms with Gasteiger partial charge in [-0.05, 0) is 63.0 Å². The summed E-state index contributed by atoms with van der Waals surface area (Å²) in [6.45, 7) is 6.75. The molecule has 176 valence electrons. The molecule has 0 aliphatic carbocycles. The lowest BCUT2D eigenvalue weighted by molar-refractivity contribution is -0.121. The highest BCUT2D eigenvalue weighted by Crippen LogP contribution is 2.23. The van der Waals surface area contributed by atoms with Crippen molar-refractivity contribution in [2.24, 2.45) is 5.92 Å². The lowest BCUT2D eigenvalue weighted by Gasteiger charge is -2.31. The van der Waals surface area contributed by atoms with Crippen molar-refractivity contribution in [2.75, 3.05) is 18.4 Å². The highest BCUT2D eigenvalue weighted by molar-refractivity contribution is 6.04. The van der Waals surface area contributed by atoms with Crippen molar-refractivity contribution >= 4 is 17.5 Å². The third-order valence-electron chi connectivity index (χ3n) is 6.56. The highest BCUT2D eigenvalue weighted by Gasteiger charge is 2.26. The summed E-state index contributed by atoms with van der Waals surface area (Å²) in [6.07, 6.45) is 1.63. The number of amides is 2. The molecular weight excluding hydrogens is 422 g/mol.